The van der Waals surface area contributed by atoms with Gasteiger partial charge in [0.25, 0.3) is 0 Å². The van der Waals surface area contributed by atoms with Crippen molar-refractivity contribution in [3.8, 4) is 0 Å². The van der Waals surface area contributed by atoms with Gasteiger partial charge in [-0.25, -0.2) is 4.39 Å². The van der Waals surface area contributed by atoms with E-state index in [9.17, 15) is 9.18 Å². The minimum Gasteiger partial charge on any atom is -0.352 e. The van der Waals surface area contributed by atoms with Crippen LogP contribution in [0.1, 0.15) is 36.5 Å². The molecule has 1 aliphatic heterocycles. The third kappa shape index (κ3) is 3.18. The van der Waals surface area contributed by atoms with Gasteiger partial charge in [0, 0.05) is 13.1 Å². The molecule has 110 valence electrons. The highest BCUT2D eigenvalue weighted by atomic mass is 19.1. The molecule has 1 aromatic carbocycles. The summed E-state index contributed by atoms with van der Waals surface area (Å²) in [6.45, 7) is 7.66. The van der Waals surface area contributed by atoms with E-state index in [1.54, 1.807) is 26.0 Å². The van der Waals surface area contributed by atoms with E-state index in [0.717, 1.165) is 31.5 Å². The minimum absolute atomic E-state index is 0.0735. The Morgan fingerprint density at radius 2 is 2.05 bits per heavy atom. The number of benzene rings is 1. The Hall–Kier alpha value is -1.42. The van der Waals surface area contributed by atoms with Crippen LogP contribution in [0.2, 0.25) is 0 Å². The molecule has 1 saturated heterocycles. The van der Waals surface area contributed by atoms with Crippen LogP contribution < -0.4 is 10.6 Å². The minimum atomic E-state index is -0.331. The van der Waals surface area contributed by atoms with E-state index >= 15 is 0 Å². The van der Waals surface area contributed by atoms with E-state index < -0.39 is 0 Å². The first-order valence-electron chi connectivity index (χ1n) is 7.17. The van der Waals surface area contributed by atoms with Gasteiger partial charge < -0.3 is 10.6 Å². The number of piperidine rings is 1. The van der Waals surface area contributed by atoms with Gasteiger partial charge in [0.15, 0.2) is 0 Å². The van der Waals surface area contributed by atoms with Crippen molar-refractivity contribution < 1.29 is 9.18 Å². The van der Waals surface area contributed by atoms with E-state index in [1.807, 2.05) is 6.92 Å². The van der Waals surface area contributed by atoms with Gasteiger partial charge in [0.2, 0.25) is 5.91 Å². The molecule has 0 spiro atoms. The second-order valence-electron chi connectivity index (χ2n) is 6.07. The van der Waals surface area contributed by atoms with Crippen LogP contribution in [0.25, 0.3) is 0 Å². The van der Waals surface area contributed by atoms with Crippen LogP contribution in [-0.2, 0) is 11.3 Å². The smallest absolute Gasteiger partial charge is 0.227 e. The van der Waals surface area contributed by atoms with Crippen molar-refractivity contribution in [2.75, 3.05) is 13.1 Å². The van der Waals surface area contributed by atoms with Gasteiger partial charge in [-0.15, -0.1) is 0 Å². The SMILES string of the molecule is Cc1cc(CNC(=O)C2(C)CCCNC2)cc(C)c1F. The van der Waals surface area contributed by atoms with Crippen LogP contribution in [0.5, 0.6) is 0 Å². The van der Waals surface area contributed by atoms with Gasteiger partial charge in [-0.1, -0.05) is 12.1 Å². The Morgan fingerprint density at radius 1 is 1.40 bits per heavy atom. The fraction of sp³-hybridized carbons (Fsp3) is 0.562. The first kappa shape index (κ1) is 15.0. The van der Waals surface area contributed by atoms with Gasteiger partial charge in [-0.3, -0.25) is 4.79 Å². The largest absolute Gasteiger partial charge is 0.352 e. The van der Waals surface area contributed by atoms with Crippen LogP contribution in [0.4, 0.5) is 4.39 Å². The maximum Gasteiger partial charge on any atom is 0.227 e. The number of amides is 1. The second kappa shape index (κ2) is 5.92. The number of carbonyl (C=O) groups is 1. The summed E-state index contributed by atoms with van der Waals surface area (Å²) in [6, 6.07) is 3.59. The number of rotatable bonds is 3. The number of halogens is 1. The topological polar surface area (TPSA) is 41.1 Å². The van der Waals surface area contributed by atoms with E-state index in [-0.39, 0.29) is 17.1 Å². The summed E-state index contributed by atoms with van der Waals surface area (Å²) in [5.74, 6) is -0.0900. The molecule has 0 saturated carbocycles. The molecule has 4 heteroatoms. The molecule has 2 N–H and O–H groups in total. The quantitative estimate of drug-likeness (QED) is 0.891. The predicted molar refractivity (Wildman–Crippen MR) is 77.9 cm³/mol. The fourth-order valence-corrected chi connectivity index (χ4v) is 2.78. The van der Waals surface area contributed by atoms with Crippen LogP contribution in [0, 0.1) is 25.1 Å². The molecule has 2 rings (SSSR count). The van der Waals surface area contributed by atoms with Crippen LogP contribution in [0.15, 0.2) is 12.1 Å². The summed E-state index contributed by atoms with van der Waals surface area (Å²) in [5, 5.41) is 6.25. The van der Waals surface area contributed by atoms with Crippen LogP contribution in [-0.4, -0.2) is 19.0 Å². The van der Waals surface area contributed by atoms with E-state index in [0.29, 0.717) is 17.7 Å². The normalized spacial score (nSPS) is 22.6. The highest BCUT2D eigenvalue weighted by molar-refractivity contribution is 5.82. The molecule has 1 fully saturated rings. The maximum absolute atomic E-state index is 13.6. The van der Waals surface area contributed by atoms with Crippen molar-refractivity contribution in [2.45, 2.75) is 40.2 Å². The number of aryl methyl sites for hydroxylation is 2. The molecule has 1 aliphatic rings. The molecule has 20 heavy (non-hydrogen) atoms. The molecule has 0 bridgehead atoms. The molecule has 3 nitrogen and oxygen atoms in total. The lowest BCUT2D eigenvalue weighted by Gasteiger charge is -2.32. The first-order valence-corrected chi connectivity index (χ1v) is 7.17. The van der Waals surface area contributed by atoms with Gasteiger partial charge >= 0.3 is 0 Å². The molecule has 1 atom stereocenters. The molecule has 0 aromatic heterocycles. The lowest BCUT2D eigenvalue weighted by atomic mass is 9.82. The summed E-state index contributed by atoms with van der Waals surface area (Å²) in [6.07, 6.45) is 1.94. The zero-order valence-corrected chi connectivity index (χ0v) is 12.5. The van der Waals surface area contributed by atoms with Gasteiger partial charge in [-0.05, 0) is 56.8 Å². The molecular formula is C16H23FN2O. The standard InChI is InChI=1S/C16H23FN2O/c1-11-7-13(8-12(2)14(11)17)9-19-15(20)16(3)5-4-6-18-10-16/h7-8,18H,4-6,9-10H2,1-3H3,(H,19,20). The monoisotopic (exact) mass is 278 g/mol. The summed E-state index contributed by atoms with van der Waals surface area (Å²) in [5.41, 5.74) is 1.87. The summed E-state index contributed by atoms with van der Waals surface area (Å²) in [4.78, 5) is 12.3. The Morgan fingerprint density at radius 3 is 2.60 bits per heavy atom. The van der Waals surface area contributed by atoms with Crippen molar-refractivity contribution in [1.82, 2.24) is 10.6 Å². The molecule has 1 amide bonds. The zero-order valence-electron chi connectivity index (χ0n) is 12.5. The maximum atomic E-state index is 13.6. The number of nitrogens with one attached hydrogen (secondary N) is 2. The predicted octanol–water partition coefficient (Wildman–Crippen LogP) is 2.45. The van der Waals surface area contributed by atoms with Crippen molar-refractivity contribution in [3.05, 3.63) is 34.6 Å². The molecular weight excluding hydrogens is 255 g/mol. The van der Waals surface area contributed by atoms with E-state index in [2.05, 4.69) is 10.6 Å². The number of carbonyl (C=O) groups excluding carboxylic acids is 1. The van der Waals surface area contributed by atoms with Crippen molar-refractivity contribution in [2.24, 2.45) is 5.41 Å². The lowest BCUT2D eigenvalue weighted by molar-refractivity contribution is -0.131. The van der Waals surface area contributed by atoms with E-state index in [4.69, 9.17) is 0 Å². The average molecular weight is 278 g/mol. The lowest BCUT2D eigenvalue weighted by Crippen LogP contribution is -2.48. The Bertz CT molecular complexity index is 484. The van der Waals surface area contributed by atoms with E-state index in [1.165, 1.54) is 0 Å². The zero-order chi connectivity index (χ0) is 14.8. The van der Waals surface area contributed by atoms with Gasteiger partial charge in [0.1, 0.15) is 5.82 Å². The van der Waals surface area contributed by atoms with Gasteiger partial charge in [-0.2, -0.15) is 0 Å². The molecule has 1 aromatic rings. The average Bonchev–Trinajstić information content (AvgIpc) is 2.42. The molecule has 0 aliphatic carbocycles. The molecule has 0 radical (unpaired) electrons. The first-order chi connectivity index (χ1) is 9.42. The third-order valence-electron chi connectivity index (χ3n) is 4.09. The highest BCUT2D eigenvalue weighted by Gasteiger charge is 2.34. The number of hydrogen-bond acceptors (Lipinski definition) is 2. The molecule has 1 heterocycles. The third-order valence-corrected chi connectivity index (χ3v) is 4.09. The van der Waals surface area contributed by atoms with Gasteiger partial charge in [0.05, 0.1) is 5.41 Å². The summed E-state index contributed by atoms with van der Waals surface area (Å²) in [7, 11) is 0. The van der Waals surface area contributed by atoms with Crippen LogP contribution in [0.3, 0.4) is 0 Å². The Kier molecular flexibility index (Phi) is 4.43. The second-order valence-corrected chi connectivity index (χ2v) is 6.07. The fourth-order valence-electron chi connectivity index (χ4n) is 2.78. The Labute approximate surface area is 120 Å². The number of hydrogen-bond donors (Lipinski definition) is 2. The van der Waals surface area contributed by atoms with Crippen molar-refractivity contribution in [3.63, 3.8) is 0 Å². The van der Waals surface area contributed by atoms with Crippen molar-refractivity contribution >= 4 is 5.91 Å². The highest BCUT2D eigenvalue weighted by Crippen LogP contribution is 2.25. The summed E-state index contributed by atoms with van der Waals surface area (Å²) >= 11 is 0. The molecule has 1 unspecified atom stereocenters. The van der Waals surface area contributed by atoms with Crippen LogP contribution >= 0.6 is 0 Å². The summed E-state index contributed by atoms with van der Waals surface area (Å²) < 4.78 is 13.6. The van der Waals surface area contributed by atoms with Crippen molar-refractivity contribution in [1.29, 1.82) is 0 Å². The Balaban J connectivity index is 2.00.